The van der Waals surface area contributed by atoms with Crippen LogP contribution in [0.15, 0.2) is 48.7 Å². The monoisotopic (exact) mass is 603 g/mol. The molecule has 3 aromatic rings. The average Bonchev–Trinajstić information content (AvgIpc) is 3.53. The third-order valence-corrected chi connectivity index (χ3v) is 10.5. The van der Waals surface area contributed by atoms with Gasteiger partial charge in [-0.05, 0) is 104 Å². The molecule has 5 rings (SSSR count). The predicted molar refractivity (Wildman–Crippen MR) is 172 cm³/mol. The van der Waals surface area contributed by atoms with E-state index in [-0.39, 0.29) is 29.6 Å². The summed E-state index contributed by atoms with van der Waals surface area (Å²) in [6.07, 6.45) is 8.49. The minimum absolute atomic E-state index is 0.0161. The number of carbonyl (C=O) groups excluding carboxylic acids is 2. The first-order chi connectivity index (χ1) is 20.8. The van der Waals surface area contributed by atoms with Gasteiger partial charge in [0.25, 0.3) is 5.19 Å². The molecule has 3 unspecified atom stereocenters. The van der Waals surface area contributed by atoms with Gasteiger partial charge in [0.2, 0.25) is 11.8 Å². The zero-order valence-electron chi connectivity index (χ0n) is 26.1. The van der Waals surface area contributed by atoms with Crippen LogP contribution in [0.5, 0.6) is 10.9 Å². The number of ether oxygens (including phenoxy) is 2. The van der Waals surface area contributed by atoms with Gasteiger partial charge in [0.1, 0.15) is 5.75 Å². The Balaban J connectivity index is 1.21. The summed E-state index contributed by atoms with van der Waals surface area (Å²) in [5.74, 6) is 2.05. The first-order valence-electron chi connectivity index (χ1n) is 15.5. The van der Waals surface area contributed by atoms with Crippen molar-refractivity contribution in [3.63, 3.8) is 0 Å². The molecule has 0 bridgehead atoms. The fraction of sp³-hybridized carbons (Fsp3) is 0.514. The summed E-state index contributed by atoms with van der Waals surface area (Å²) < 4.78 is 10.7. The van der Waals surface area contributed by atoms with Crippen LogP contribution < -0.4 is 14.8 Å². The molecule has 2 aromatic carbocycles. The Labute approximate surface area is 260 Å². The van der Waals surface area contributed by atoms with E-state index in [1.807, 2.05) is 26.4 Å². The molecule has 230 valence electrons. The van der Waals surface area contributed by atoms with Crippen LogP contribution in [0.1, 0.15) is 73.5 Å². The van der Waals surface area contributed by atoms with Crippen LogP contribution in [-0.4, -0.2) is 56.6 Å². The van der Waals surface area contributed by atoms with E-state index in [1.54, 1.807) is 19.1 Å². The Morgan fingerprint density at radius 2 is 1.77 bits per heavy atom. The molecule has 8 heteroatoms. The Hall–Kier alpha value is -3.39. The topological polar surface area (TPSA) is 80.8 Å². The van der Waals surface area contributed by atoms with E-state index in [0.29, 0.717) is 29.9 Å². The van der Waals surface area contributed by atoms with Gasteiger partial charge in [0.05, 0.1) is 19.1 Å². The number of methoxy groups -OCH3 is 2. The Bertz CT molecular complexity index is 1410. The maximum atomic E-state index is 13.5. The Morgan fingerprint density at radius 1 is 0.977 bits per heavy atom. The second-order valence-electron chi connectivity index (χ2n) is 12.5. The molecule has 0 saturated heterocycles. The van der Waals surface area contributed by atoms with Gasteiger partial charge in [-0.3, -0.25) is 9.59 Å². The summed E-state index contributed by atoms with van der Waals surface area (Å²) in [5, 5.41) is 3.94. The van der Waals surface area contributed by atoms with Crippen molar-refractivity contribution in [2.75, 3.05) is 34.9 Å². The standard InChI is InChI=1S/C35H45N3O4S/c1-22-17-25(14-16-31(22)41-4)24-11-9-23(10-12-24)20-36-33(39)28-13-15-29(34(40)38(2)3)30(19-28)26-7-6-8-27(18-26)32-21-37-35(42-5)43-32/h6-8,14,16-18,21,23-24,28-30H,9-13,15,19-20H2,1-5H3,(H,36,39)/t23-,24-,28?,29?,30?. The SMILES string of the molecule is COc1ncc(-c2cccc(C3CC(C(=O)NC[C@H]4CC[C@H](c5ccc(OC)c(C)c5)CC4)CCC3C(=O)N(C)C)c2)s1. The van der Waals surface area contributed by atoms with Gasteiger partial charge in [-0.2, -0.15) is 0 Å². The first kappa shape index (κ1) is 31.0. The highest BCUT2D eigenvalue weighted by Gasteiger charge is 2.39. The van der Waals surface area contributed by atoms with Crippen molar-refractivity contribution in [2.24, 2.45) is 17.8 Å². The number of rotatable bonds is 9. The normalized spacial score (nSPS) is 23.8. The lowest BCUT2D eigenvalue weighted by atomic mass is 9.70. The smallest absolute Gasteiger partial charge is 0.273 e. The molecular weight excluding hydrogens is 558 g/mol. The molecule has 1 aromatic heterocycles. The summed E-state index contributed by atoms with van der Waals surface area (Å²) in [6, 6.07) is 14.9. The van der Waals surface area contributed by atoms with Gasteiger partial charge in [-0.25, -0.2) is 4.98 Å². The second-order valence-corrected chi connectivity index (χ2v) is 13.5. The van der Waals surface area contributed by atoms with E-state index in [4.69, 9.17) is 9.47 Å². The molecule has 1 heterocycles. The van der Waals surface area contributed by atoms with Crippen LogP contribution >= 0.6 is 11.3 Å². The highest BCUT2D eigenvalue weighted by Crippen LogP contribution is 2.43. The van der Waals surface area contributed by atoms with Crippen molar-refractivity contribution in [3.8, 4) is 21.4 Å². The average molecular weight is 604 g/mol. The van der Waals surface area contributed by atoms with E-state index in [0.717, 1.165) is 60.4 Å². The largest absolute Gasteiger partial charge is 0.496 e. The lowest BCUT2D eigenvalue weighted by Crippen LogP contribution is -2.42. The number of hydrogen-bond donors (Lipinski definition) is 1. The van der Waals surface area contributed by atoms with E-state index >= 15 is 0 Å². The van der Waals surface area contributed by atoms with Crippen LogP contribution in [0, 0.1) is 24.7 Å². The van der Waals surface area contributed by atoms with E-state index in [2.05, 4.69) is 53.6 Å². The lowest BCUT2D eigenvalue weighted by Gasteiger charge is -2.37. The molecule has 7 nitrogen and oxygen atoms in total. The fourth-order valence-electron chi connectivity index (χ4n) is 7.06. The zero-order valence-corrected chi connectivity index (χ0v) is 26.9. The molecule has 0 spiro atoms. The molecule has 0 aliphatic heterocycles. The maximum Gasteiger partial charge on any atom is 0.273 e. The van der Waals surface area contributed by atoms with E-state index in [9.17, 15) is 9.59 Å². The quantitative estimate of drug-likeness (QED) is 0.291. The van der Waals surface area contributed by atoms with Gasteiger partial charge in [-0.15, -0.1) is 0 Å². The van der Waals surface area contributed by atoms with Crippen molar-refractivity contribution >= 4 is 23.2 Å². The highest BCUT2D eigenvalue weighted by atomic mass is 32.1. The summed E-state index contributed by atoms with van der Waals surface area (Å²) in [6.45, 7) is 2.84. The zero-order chi connectivity index (χ0) is 30.5. The molecule has 3 atom stereocenters. The van der Waals surface area contributed by atoms with Gasteiger partial charge in [0, 0.05) is 38.7 Å². The highest BCUT2D eigenvalue weighted by molar-refractivity contribution is 7.16. The molecule has 2 fully saturated rings. The van der Waals surface area contributed by atoms with Crippen LogP contribution in [0.4, 0.5) is 0 Å². The van der Waals surface area contributed by atoms with Gasteiger partial charge >= 0.3 is 0 Å². The lowest BCUT2D eigenvalue weighted by molar-refractivity contribution is -0.137. The predicted octanol–water partition coefficient (Wildman–Crippen LogP) is 6.81. The third kappa shape index (κ3) is 7.23. The number of nitrogens with zero attached hydrogens (tertiary/aromatic N) is 2. The van der Waals surface area contributed by atoms with Gasteiger partial charge in [-0.1, -0.05) is 41.7 Å². The number of benzene rings is 2. The maximum absolute atomic E-state index is 13.5. The Kier molecular flexibility index (Phi) is 10.1. The number of aromatic nitrogens is 1. The molecule has 43 heavy (non-hydrogen) atoms. The molecule has 2 amide bonds. The van der Waals surface area contributed by atoms with E-state index in [1.165, 1.54) is 22.5 Å². The first-order valence-corrected chi connectivity index (χ1v) is 16.3. The molecule has 2 saturated carbocycles. The molecular formula is C35H45N3O4S. The van der Waals surface area contributed by atoms with Crippen molar-refractivity contribution in [1.29, 1.82) is 0 Å². The molecule has 2 aliphatic carbocycles. The van der Waals surface area contributed by atoms with Crippen molar-refractivity contribution in [1.82, 2.24) is 15.2 Å². The van der Waals surface area contributed by atoms with Crippen LogP contribution in [0.25, 0.3) is 10.4 Å². The molecule has 0 radical (unpaired) electrons. The minimum atomic E-state index is -0.137. The summed E-state index contributed by atoms with van der Waals surface area (Å²) in [4.78, 5) is 33.8. The summed E-state index contributed by atoms with van der Waals surface area (Å²) in [7, 11) is 6.99. The molecule has 2 aliphatic rings. The minimum Gasteiger partial charge on any atom is -0.496 e. The fourth-order valence-corrected chi connectivity index (χ4v) is 7.78. The van der Waals surface area contributed by atoms with E-state index < -0.39 is 0 Å². The number of thiazole rings is 1. The summed E-state index contributed by atoms with van der Waals surface area (Å²) in [5.41, 5.74) is 4.75. The number of amides is 2. The van der Waals surface area contributed by atoms with Crippen LogP contribution in [0.3, 0.4) is 0 Å². The van der Waals surface area contributed by atoms with Gasteiger partial charge < -0.3 is 19.7 Å². The molecule has 1 N–H and O–H groups in total. The number of carbonyl (C=O) groups is 2. The third-order valence-electron chi connectivity index (χ3n) is 9.54. The number of nitrogens with one attached hydrogen (secondary N) is 1. The number of hydrogen-bond acceptors (Lipinski definition) is 6. The Morgan fingerprint density at radius 3 is 2.44 bits per heavy atom. The van der Waals surface area contributed by atoms with Crippen LogP contribution in [-0.2, 0) is 9.59 Å². The van der Waals surface area contributed by atoms with Crippen molar-refractivity contribution in [3.05, 3.63) is 65.4 Å². The second kappa shape index (κ2) is 13.9. The van der Waals surface area contributed by atoms with Crippen LogP contribution in [0.2, 0.25) is 0 Å². The van der Waals surface area contributed by atoms with Gasteiger partial charge in [0.15, 0.2) is 0 Å². The summed E-state index contributed by atoms with van der Waals surface area (Å²) >= 11 is 1.50. The van der Waals surface area contributed by atoms with Crippen molar-refractivity contribution < 1.29 is 19.1 Å². The van der Waals surface area contributed by atoms with Crippen molar-refractivity contribution in [2.45, 2.75) is 63.7 Å². The number of aryl methyl sites for hydroxylation is 1.